The van der Waals surface area contributed by atoms with Crippen molar-refractivity contribution >= 4 is 11.5 Å². The van der Waals surface area contributed by atoms with E-state index >= 15 is 0 Å². The van der Waals surface area contributed by atoms with Crippen LogP contribution in [0.25, 0.3) is 0 Å². The minimum atomic E-state index is -0.00402. The van der Waals surface area contributed by atoms with E-state index in [1.54, 1.807) is 19.4 Å². The Kier molecular flexibility index (Phi) is 4.13. The highest BCUT2D eigenvalue weighted by molar-refractivity contribution is 5.97. The summed E-state index contributed by atoms with van der Waals surface area (Å²) in [6.45, 7) is 2.21. The average Bonchev–Trinajstić information content (AvgIpc) is 2.45. The normalized spacial score (nSPS) is 10.0. The number of pyridine rings is 1. The fraction of sp³-hybridized carbons (Fsp3) is 0.200. The predicted molar refractivity (Wildman–Crippen MR) is 74.6 cm³/mol. The number of aromatic nitrogens is 1. The molecule has 0 aliphatic carbocycles. The molecule has 0 radical (unpaired) electrons. The number of ether oxygens (including phenoxy) is 1. The van der Waals surface area contributed by atoms with Gasteiger partial charge in [0.05, 0.1) is 12.7 Å². The van der Waals surface area contributed by atoms with E-state index in [1.807, 2.05) is 30.5 Å². The molecule has 0 saturated heterocycles. The van der Waals surface area contributed by atoms with Crippen LogP contribution in [0.3, 0.4) is 0 Å². The minimum absolute atomic E-state index is 0.00402. The molecule has 0 aliphatic rings. The molecule has 0 atom stereocenters. The second-order valence-corrected chi connectivity index (χ2v) is 4.19. The number of hydrogen-bond donors (Lipinski definition) is 1. The number of methoxy groups -OCH3 is 1. The Labute approximate surface area is 112 Å². The molecule has 4 heteroatoms. The molecule has 1 N–H and O–H groups in total. The maximum absolute atomic E-state index is 11.4. The molecule has 0 aliphatic heterocycles. The lowest BCUT2D eigenvalue weighted by atomic mass is 10.1. The first kappa shape index (κ1) is 13.1. The van der Waals surface area contributed by atoms with Gasteiger partial charge in [-0.15, -0.1) is 0 Å². The van der Waals surface area contributed by atoms with Gasteiger partial charge in [-0.25, -0.2) is 0 Å². The van der Waals surface area contributed by atoms with Crippen LogP contribution >= 0.6 is 0 Å². The fourth-order valence-corrected chi connectivity index (χ4v) is 1.80. The summed E-state index contributed by atoms with van der Waals surface area (Å²) in [6, 6.07) is 9.37. The summed E-state index contributed by atoms with van der Waals surface area (Å²) in [6.07, 6.45) is 3.56. The van der Waals surface area contributed by atoms with Crippen LogP contribution in [0.1, 0.15) is 22.8 Å². The van der Waals surface area contributed by atoms with Gasteiger partial charge in [-0.3, -0.25) is 9.78 Å². The first-order valence-corrected chi connectivity index (χ1v) is 6.02. The zero-order valence-corrected chi connectivity index (χ0v) is 11.0. The number of anilines is 1. The minimum Gasteiger partial charge on any atom is -0.496 e. The van der Waals surface area contributed by atoms with Gasteiger partial charge in [0.25, 0.3) is 0 Å². The van der Waals surface area contributed by atoms with Gasteiger partial charge >= 0.3 is 0 Å². The van der Waals surface area contributed by atoms with Crippen LogP contribution in [0.4, 0.5) is 5.69 Å². The first-order chi connectivity index (χ1) is 9.20. The standard InChI is InChI=1S/C15H16N2O2/c1-11(18)14-6-5-13(8-15(14)19-2)17-10-12-4-3-7-16-9-12/h3-9,17H,10H2,1-2H3. The second-order valence-electron chi connectivity index (χ2n) is 4.19. The quantitative estimate of drug-likeness (QED) is 0.836. The molecule has 4 nitrogen and oxygen atoms in total. The molecule has 19 heavy (non-hydrogen) atoms. The SMILES string of the molecule is COc1cc(NCc2cccnc2)ccc1C(C)=O. The molecule has 0 spiro atoms. The van der Waals surface area contributed by atoms with Crippen molar-refractivity contribution in [3.05, 3.63) is 53.9 Å². The smallest absolute Gasteiger partial charge is 0.163 e. The van der Waals surface area contributed by atoms with Crippen LogP contribution in [-0.4, -0.2) is 17.9 Å². The molecule has 98 valence electrons. The molecule has 0 saturated carbocycles. The molecule has 2 rings (SSSR count). The van der Waals surface area contributed by atoms with Gasteiger partial charge in [-0.1, -0.05) is 6.07 Å². The van der Waals surface area contributed by atoms with Crippen LogP contribution < -0.4 is 10.1 Å². The Bertz CT molecular complexity index is 568. The van der Waals surface area contributed by atoms with Crippen LogP contribution in [-0.2, 0) is 6.54 Å². The highest BCUT2D eigenvalue weighted by atomic mass is 16.5. The van der Waals surface area contributed by atoms with Gasteiger partial charge in [-0.2, -0.15) is 0 Å². The number of benzene rings is 1. The summed E-state index contributed by atoms with van der Waals surface area (Å²) in [4.78, 5) is 15.5. The molecule has 1 heterocycles. The maximum atomic E-state index is 11.4. The number of nitrogens with zero attached hydrogens (tertiary/aromatic N) is 1. The van der Waals surface area contributed by atoms with Crippen LogP contribution in [0.5, 0.6) is 5.75 Å². The van der Waals surface area contributed by atoms with Crippen molar-refractivity contribution in [2.45, 2.75) is 13.5 Å². The number of Topliss-reactive ketones (excluding diaryl/α,β-unsaturated/α-hetero) is 1. The lowest BCUT2D eigenvalue weighted by Crippen LogP contribution is -2.02. The molecule has 0 bridgehead atoms. The van der Waals surface area contributed by atoms with Crippen LogP contribution in [0.15, 0.2) is 42.7 Å². The fourth-order valence-electron chi connectivity index (χ4n) is 1.80. The third kappa shape index (κ3) is 3.31. The van der Waals surface area contributed by atoms with Crippen molar-refractivity contribution in [2.75, 3.05) is 12.4 Å². The Balaban J connectivity index is 2.11. The molecule has 0 amide bonds. The molecule has 0 fully saturated rings. The number of ketones is 1. The van der Waals surface area contributed by atoms with E-state index < -0.39 is 0 Å². The number of carbonyl (C=O) groups excluding carboxylic acids is 1. The van der Waals surface area contributed by atoms with Crippen molar-refractivity contribution in [1.82, 2.24) is 4.98 Å². The summed E-state index contributed by atoms with van der Waals surface area (Å²) in [5.74, 6) is 0.583. The lowest BCUT2D eigenvalue weighted by molar-refractivity contribution is 0.101. The van der Waals surface area contributed by atoms with Crippen molar-refractivity contribution in [1.29, 1.82) is 0 Å². The molecule has 0 unspecified atom stereocenters. The largest absolute Gasteiger partial charge is 0.496 e. The van der Waals surface area contributed by atoms with E-state index in [0.717, 1.165) is 11.3 Å². The van der Waals surface area contributed by atoms with Crippen molar-refractivity contribution < 1.29 is 9.53 Å². The van der Waals surface area contributed by atoms with E-state index in [4.69, 9.17) is 4.74 Å². The number of rotatable bonds is 5. The van der Waals surface area contributed by atoms with Gasteiger partial charge in [0.1, 0.15) is 5.75 Å². The highest BCUT2D eigenvalue weighted by Gasteiger charge is 2.08. The summed E-state index contributed by atoms with van der Waals surface area (Å²) < 4.78 is 5.23. The number of hydrogen-bond acceptors (Lipinski definition) is 4. The first-order valence-electron chi connectivity index (χ1n) is 6.02. The average molecular weight is 256 g/mol. The van der Waals surface area contributed by atoms with Gasteiger partial charge in [0, 0.05) is 30.7 Å². The molecular weight excluding hydrogens is 240 g/mol. The van der Waals surface area contributed by atoms with Crippen LogP contribution in [0.2, 0.25) is 0 Å². The Morgan fingerprint density at radius 1 is 1.37 bits per heavy atom. The Hall–Kier alpha value is -2.36. The van der Waals surface area contributed by atoms with E-state index in [1.165, 1.54) is 6.92 Å². The monoisotopic (exact) mass is 256 g/mol. The Morgan fingerprint density at radius 2 is 2.21 bits per heavy atom. The topological polar surface area (TPSA) is 51.2 Å². The van der Waals surface area contributed by atoms with Crippen LogP contribution in [0, 0.1) is 0 Å². The van der Waals surface area contributed by atoms with E-state index in [0.29, 0.717) is 17.9 Å². The lowest BCUT2D eigenvalue weighted by Gasteiger charge is -2.10. The zero-order valence-electron chi connectivity index (χ0n) is 11.0. The number of carbonyl (C=O) groups is 1. The van der Waals surface area contributed by atoms with Gasteiger partial charge < -0.3 is 10.1 Å². The molecule has 2 aromatic rings. The van der Waals surface area contributed by atoms with E-state index in [9.17, 15) is 4.79 Å². The van der Waals surface area contributed by atoms with Gasteiger partial charge in [0.2, 0.25) is 0 Å². The third-order valence-electron chi connectivity index (χ3n) is 2.80. The summed E-state index contributed by atoms with van der Waals surface area (Å²) in [7, 11) is 1.56. The van der Waals surface area contributed by atoms with E-state index in [-0.39, 0.29) is 5.78 Å². The van der Waals surface area contributed by atoms with Crippen molar-refractivity contribution in [2.24, 2.45) is 0 Å². The van der Waals surface area contributed by atoms with Crippen molar-refractivity contribution in [3.63, 3.8) is 0 Å². The predicted octanol–water partition coefficient (Wildman–Crippen LogP) is 2.90. The summed E-state index contributed by atoms with van der Waals surface area (Å²) in [5, 5.41) is 3.27. The molecule has 1 aromatic heterocycles. The summed E-state index contributed by atoms with van der Waals surface area (Å²) in [5.41, 5.74) is 2.59. The molecule has 1 aromatic carbocycles. The Morgan fingerprint density at radius 3 is 2.84 bits per heavy atom. The van der Waals surface area contributed by atoms with Gasteiger partial charge in [-0.05, 0) is 30.7 Å². The number of nitrogens with one attached hydrogen (secondary N) is 1. The third-order valence-corrected chi connectivity index (χ3v) is 2.80. The maximum Gasteiger partial charge on any atom is 0.163 e. The highest BCUT2D eigenvalue weighted by Crippen LogP contribution is 2.23. The van der Waals surface area contributed by atoms with Crippen molar-refractivity contribution in [3.8, 4) is 5.75 Å². The van der Waals surface area contributed by atoms with E-state index in [2.05, 4.69) is 10.3 Å². The molecular formula is C15H16N2O2. The second kappa shape index (κ2) is 6.00. The van der Waals surface area contributed by atoms with Gasteiger partial charge in [0.15, 0.2) is 5.78 Å². The zero-order chi connectivity index (χ0) is 13.7. The summed E-state index contributed by atoms with van der Waals surface area (Å²) >= 11 is 0.